The molecule has 0 aromatic heterocycles. The number of para-hydroxylation sites is 2. The lowest BCUT2D eigenvalue weighted by atomic mass is 9.95. The quantitative estimate of drug-likeness (QED) is 0.101. The molecule has 0 radical (unpaired) electrons. The second-order valence-corrected chi connectivity index (χ2v) is 12.9. The van der Waals surface area contributed by atoms with Crippen LogP contribution in [0.5, 0.6) is 0 Å². The lowest BCUT2D eigenvalue weighted by molar-refractivity contribution is 1.14. The molecule has 0 aliphatic carbocycles. The topological polar surface area (TPSA) is 38.0 Å². The maximum Gasteiger partial charge on any atom is 0.0481 e. The van der Waals surface area contributed by atoms with E-state index in [1.54, 1.807) is 0 Å². The van der Waals surface area contributed by atoms with Crippen molar-refractivity contribution in [1.29, 1.82) is 0 Å². The highest BCUT2D eigenvalue weighted by atomic mass is 32.2. The Morgan fingerprint density at radius 1 is 0.571 bits per heavy atom. The van der Waals surface area contributed by atoms with Gasteiger partial charge in [-0.25, -0.2) is 0 Å². The molecule has 0 aliphatic heterocycles. The van der Waals surface area contributed by atoms with Crippen molar-refractivity contribution >= 4 is 56.4 Å². The average molecular weight is 585 g/mol. The van der Waals surface area contributed by atoms with E-state index in [4.69, 9.17) is 5.73 Å². The zero-order valence-corrected chi connectivity index (χ0v) is 26.0. The maximum atomic E-state index is 6.23. The molecule has 0 heterocycles. The Kier molecular flexibility index (Phi) is 8.46. The second kappa shape index (κ2) is 12.6. The fourth-order valence-corrected chi connectivity index (χ4v) is 8.22. The van der Waals surface area contributed by atoms with Crippen LogP contribution in [0.15, 0.2) is 119 Å². The Morgan fingerprint density at radius 3 is 1.74 bits per heavy atom. The van der Waals surface area contributed by atoms with E-state index in [-0.39, 0.29) is 0 Å². The largest absolute Gasteiger partial charge is 0.398 e. The number of nitrogen functional groups attached to an aromatic ring is 1. The summed E-state index contributed by atoms with van der Waals surface area (Å²) in [6.45, 7) is 7.54. The van der Waals surface area contributed by atoms with E-state index in [1.165, 1.54) is 65.5 Å². The number of nitrogens with two attached hydrogens (primary N) is 1. The summed E-state index contributed by atoms with van der Waals surface area (Å²) >= 11 is 3.74. The molecule has 0 fully saturated rings. The average Bonchev–Trinajstić information content (AvgIpc) is 3.00. The van der Waals surface area contributed by atoms with Crippen molar-refractivity contribution in [3.05, 3.63) is 143 Å². The van der Waals surface area contributed by atoms with Gasteiger partial charge in [-0.05, 0) is 106 Å². The summed E-state index contributed by atoms with van der Waals surface area (Å²) in [5.74, 6) is 1.85. The molecule has 4 heteroatoms. The third-order valence-electron chi connectivity index (χ3n) is 8.18. The zero-order valence-electron chi connectivity index (χ0n) is 24.4. The summed E-state index contributed by atoms with van der Waals surface area (Å²) in [6, 6.07) is 38.9. The van der Waals surface area contributed by atoms with Gasteiger partial charge in [0.25, 0.3) is 0 Å². The van der Waals surface area contributed by atoms with Gasteiger partial charge in [-0.3, -0.25) is 0 Å². The number of thioether (sulfide) groups is 2. The lowest BCUT2D eigenvalue weighted by Gasteiger charge is -2.19. The lowest BCUT2D eigenvalue weighted by Crippen LogP contribution is -2.03. The number of fused-ring (bicyclic) bond motifs is 2. The van der Waals surface area contributed by atoms with Gasteiger partial charge < -0.3 is 11.1 Å². The van der Waals surface area contributed by atoms with Gasteiger partial charge in [0.2, 0.25) is 0 Å². The van der Waals surface area contributed by atoms with Crippen LogP contribution >= 0.6 is 23.5 Å². The van der Waals surface area contributed by atoms with E-state index in [0.717, 1.165) is 28.6 Å². The highest BCUT2D eigenvalue weighted by molar-refractivity contribution is 7.99. The van der Waals surface area contributed by atoms with E-state index in [2.05, 4.69) is 123 Å². The number of aryl methyl sites for hydroxylation is 2. The van der Waals surface area contributed by atoms with Gasteiger partial charge in [0.05, 0.1) is 0 Å². The molecule has 42 heavy (non-hydrogen) atoms. The van der Waals surface area contributed by atoms with Crippen LogP contribution in [0.4, 0.5) is 11.4 Å². The molecule has 6 aromatic carbocycles. The van der Waals surface area contributed by atoms with E-state index >= 15 is 0 Å². The number of nitrogens with one attached hydrogen (secondary N) is 1. The van der Waals surface area contributed by atoms with Gasteiger partial charge in [0.15, 0.2) is 0 Å². The summed E-state index contributed by atoms with van der Waals surface area (Å²) in [6.07, 6.45) is 0. The molecule has 0 saturated heterocycles. The van der Waals surface area contributed by atoms with Crippen molar-refractivity contribution in [2.45, 2.75) is 48.6 Å². The second-order valence-electron chi connectivity index (χ2n) is 10.9. The van der Waals surface area contributed by atoms with Crippen molar-refractivity contribution in [1.82, 2.24) is 0 Å². The molecule has 6 rings (SSSR count). The van der Waals surface area contributed by atoms with Crippen LogP contribution in [-0.4, -0.2) is 0 Å². The molecule has 0 saturated carbocycles. The van der Waals surface area contributed by atoms with Crippen LogP contribution < -0.4 is 11.1 Å². The Hall–Kier alpha value is -3.86. The molecule has 0 unspecified atom stereocenters. The van der Waals surface area contributed by atoms with Crippen LogP contribution in [0.1, 0.15) is 33.4 Å². The van der Waals surface area contributed by atoms with Crippen LogP contribution in [0.3, 0.4) is 0 Å². The van der Waals surface area contributed by atoms with Crippen molar-refractivity contribution in [2.24, 2.45) is 0 Å². The fraction of sp³-hybridized carbons (Fsp3) is 0.158. The van der Waals surface area contributed by atoms with Gasteiger partial charge >= 0.3 is 0 Å². The first kappa shape index (κ1) is 28.3. The smallest absolute Gasteiger partial charge is 0.0481 e. The summed E-state index contributed by atoms with van der Waals surface area (Å²) in [5, 5.41) is 8.99. The number of rotatable bonds is 9. The predicted molar refractivity (Wildman–Crippen MR) is 186 cm³/mol. The van der Waals surface area contributed by atoms with Gasteiger partial charge in [-0.15, -0.1) is 23.5 Å². The first-order chi connectivity index (χ1) is 20.5. The molecule has 2 nitrogen and oxygen atoms in total. The Labute approximate surface area is 257 Å². The van der Waals surface area contributed by atoms with Gasteiger partial charge in [-0.1, -0.05) is 78.9 Å². The molecule has 6 aromatic rings. The fourth-order valence-electron chi connectivity index (χ4n) is 5.85. The molecule has 0 amide bonds. The maximum absolute atomic E-state index is 6.23. The van der Waals surface area contributed by atoms with E-state index < -0.39 is 0 Å². The molecular weight excluding hydrogens is 549 g/mol. The van der Waals surface area contributed by atoms with Crippen LogP contribution in [-0.2, 0) is 18.1 Å². The molecule has 0 aliphatic rings. The summed E-state index contributed by atoms with van der Waals surface area (Å²) in [5.41, 5.74) is 16.5. The number of benzene rings is 6. The Bertz CT molecular complexity index is 1840. The van der Waals surface area contributed by atoms with Gasteiger partial charge in [0, 0.05) is 39.2 Å². The van der Waals surface area contributed by atoms with E-state index in [0.29, 0.717) is 0 Å². The minimum atomic E-state index is 0.770. The Balaban J connectivity index is 1.23. The third kappa shape index (κ3) is 5.88. The van der Waals surface area contributed by atoms with Gasteiger partial charge in [0.1, 0.15) is 0 Å². The molecule has 0 spiro atoms. The number of anilines is 2. The summed E-state index contributed by atoms with van der Waals surface area (Å²) < 4.78 is 0. The Morgan fingerprint density at radius 2 is 1.10 bits per heavy atom. The van der Waals surface area contributed by atoms with Crippen molar-refractivity contribution < 1.29 is 0 Å². The molecular formula is C38H36N2S2. The predicted octanol–water partition coefficient (Wildman–Crippen LogP) is 10.7. The minimum absolute atomic E-state index is 0.770. The summed E-state index contributed by atoms with van der Waals surface area (Å²) in [7, 11) is 0. The normalized spacial score (nSPS) is 11.3. The number of hydrogen-bond acceptors (Lipinski definition) is 4. The molecule has 0 atom stereocenters. The first-order valence-electron chi connectivity index (χ1n) is 14.4. The molecule has 0 bridgehead atoms. The SMILES string of the molecule is Cc1cc(C)c(CSc2ccccc2NCc2c3ccccc3cc3ccccc23)c(C)c1CSc1ccccc1N. The van der Waals surface area contributed by atoms with Crippen LogP contribution in [0.2, 0.25) is 0 Å². The van der Waals surface area contributed by atoms with E-state index in [9.17, 15) is 0 Å². The zero-order chi connectivity index (χ0) is 29.1. The number of hydrogen-bond donors (Lipinski definition) is 2. The summed E-state index contributed by atoms with van der Waals surface area (Å²) in [4.78, 5) is 2.42. The van der Waals surface area contributed by atoms with Crippen molar-refractivity contribution in [2.75, 3.05) is 11.1 Å². The highest BCUT2D eigenvalue weighted by Gasteiger charge is 2.14. The van der Waals surface area contributed by atoms with Crippen LogP contribution in [0.25, 0.3) is 21.5 Å². The first-order valence-corrected chi connectivity index (χ1v) is 16.4. The van der Waals surface area contributed by atoms with Crippen LogP contribution in [0, 0.1) is 20.8 Å². The van der Waals surface area contributed by atoms with Crippen molar-refractivity contribution in [3.63, 3.8) is 0 Å². The molecule has 210 valence electrons. The van der Waals surface area contributed by atoms with Gasteiger partial charge in [-0.2, -0.15) is 0 Å². The monoisotopic (exact) mass is 584 g/mol. The third-order valence-corrected chi connectivity index (χ3v) is 10.4. The standard InChI is InChI=1S/C38H36N2S2/c1-25-20-26(2)34(27(3)33(25)23-41-37-18-10-8-16-35(37)39)24-42-38-19-11-9-17-36(38)40-22-32-30-14-6-4-12-28(30)21-29-13-5-7-15-31(29)32/h4-21,40H,22-24,39H2,1-3H3. The molecule has 3 N–H and O–H groups in total. The van der Waals surface area contributed by atoms with E-state index in [1.807, 2.05) is 35.7 Å². The minimum Gasteiger partial charge on any atom is -0.398 e. The highest BCUT2D eigenvalue weighted by Crippen LogP contribution is 2.37. The van der Waals surface area contributed by atoms with Crippen molar-refractivity contribution in [3.8, 4) is 0 Å².